The van der Waals surface area contributed by atoms with Crippen LogP contribution < -0.4 is 4.72 Å². The summed E-state index contributed by atoms with van der Waals surface area (Å²) in [5, 5.41) is 8.67. The first kappa shape index (κ1) is 17.6. The topological polar surface area (TPSA) is 79.3 Å². The smallest absolute Gasteiger partial charge is 0.242 e. The highest BCUT2D eigenvalue weighted by molar-refractivity contribution is 7.89. The molecule has 0 bridgehead atoms. The number of sulfonamides is 1. The summed E-state index contributed by atoms with van der Waals surface area (Å²) in [6, 6.07) is 1.31. The summed E-state index contributed by atoms with van der Waals surface area (Å²) in [7, 11) is -3.62. The first-order valence-corrected chi connectivity index (χ1v) is 8.50. The molecule has 1 heterocycles. The molecular weight excluding hydrogens is 288 g/mol. The Morgan fingerprint density at radius 1 is 1.33 bits per heavy atom. The largest absolute Gasteiger partial charge is 0.384 e. The van der Waals surface area contributed by atoms with E-state index in [1.54, 1.807) is 0 Å². The molecule has 1 unspecified atom stereocenters. The average molecular weight is 310 g/mol. The van der Waals surface area contributed by atoms with Gasteiger partial charge in [-0.1, -0.05) is 38.5 Å². The minimum atomic E-state index is -3.62. The van der Waals surface area contributed by atoms with E-state index in [1.165, 1.54) is 18.5 Å². The normalized spacial score (nSPS) is 12.8. The maximum atomic E-state index is 12.4. The Balaban J connectivity index is 2.97. The lowest BCUT2D eigenvalue weighted by Crippen LogP contribution is -2.37. The Kier molecular flexibility index (Phi) is 6.82. The van der Waals surface area contributed by atoms with Crippen molar-refractivity contribution in [2.75, 3.05) is 6.61 Å². The summed E-state index contributed by atoms with van der Waals surface area (Å²) < 4.78 is 27.4. The van der Waals surface area contributed by atoms with Gasteiger partial charge in [-0.3, -0.25) is 4.98 Å². The van der Waals surface area contributed by atoms with Gasteiger partial charge in [0.1, 0.15) is 11.5 Å². The molecule has 6 heteroatoms. The van der Waals surface area contributed by atoms with Crippen molar-refractivity contribution >= 4 is 10.0 Å². The molecule has 2 N–H and O–H groups in total. The van der Waals surface area contributed by atoms with Gasteiger partial charge >= 0.3 is 0 Å². The van der Waals surface area contributed by atoms with Gasteiger partial charge in [0.15, 0.2) is 0 Å². The fourth-order valence-corrected chi connectivity index (χ4v) is 3.48. The maximum absolute atomic E-state index is 12.4. The molecule has 1 atom stereocenters. The lowest BCUT2D eigenvalue weighted by atomic mass is 9.96. The molecule has 1 aromatic heterocycles. The van der Waals surface area contributed by atoms with Crippen molar-refractivity contribution < 1.29 is 13.5 Å². The van der Waals surface area contributed by atoms with Gasteiger partial charge in [-0.25, -0.2) is 13.1 Å². The van der Waals surface area contributed by atoms with Crippen LogP contribution in [0.2, 0.25) is 0 Å². The summed E-state index contributed by atoms with van der Waals surface area (Å²) in [6.07, 6.45) is 4.60. The van der Waals surface area contributed by atoms with Crippen LogP contribution in [-0.4, -0.2) is 31.2 Å². The third-order valence-electron chi connectivity index (χ3n) is 3.43. The standard InChI is InChI=1S/C15H22N2O3S/c1-4-14(5-2)12(3)17-21(19,20)15-9-13(7-6-8-18)10-16-11-15/h9-12,14,17-18H,4-5,8H2,1-3H3. The van der Waals surface area contributed by atoms with Crippen LogP contribution in [-0.2, 0) is 10.0 Å². The van der Waals surface area contributed by atoms with Crippen LogP contribution in [0.25, 0.3) is 0 Å². The van der Waals surface area contributed by atoms with Crippen molar-refractivity contribution in [1.29, 1.82) is 0 Å². The zero-order valence-corrected chi connectivity index (χ0v) is 13.4. The molecule has 116 valence electrons. The molecule has 0 aromatic carbocycles. The quantitative estimate of drug-likeness (QED) is 0.781. The van der Waals surface area contributed by atoms with Crippen LogP contribution in [0.1, 0.15) is 39.2 Å². The lowest BCUT2D eigenvalue weighted by Gasteiger charge is -2.22. The second kappa shape index (κ2) is 8.13. The van der Waals surface area contributed by atoms with Gasteiger partial charge in [0, 0.05) is 24.0 Å². The number of nitrogens with one attached hydrogen (secondary N) is 1. The van der Waals surface area contributed by atoms with E-state index in [-0.39, 0.29) is 17.5 Å². The highest BCUT2D eigenvalue weighted by atomic mass is 32.2. The molecule has 0 aliphatic carbocycles. The van der Waals surface area contributed by atoms with E-state index in [1.807, 2.05) is 20.8 Å². The summed E-state index contributed by atoms with van der Waals surface area (Å²) in [5.41, 5.74) is 0.460. The molecule has 0 amide bonds. The van der Waals surface area contributed by atoms with Gasteiger partial charge in [-0.15, -0.1) is 0 Å². The van der Waals surface area contributed by atoms with Crippen LogP contribution in [0, 0.1) is 17.8 Å². The SMILES string of the molecule is CCC(CC)C(C)NS(=O)(=O)c1cncc(C#CCO)c1. The van der Waals surface area contributed by atoms with Crippen molar-refractivity contribution in [2.24, 2.45) is 5.92 Å². The Labute approximate surface area is 126 Å². The minimum Gasteiger partial charge on any atom is -0.384 e. The zero-order valence-electron chi connectivity index (χ0n) is 12.6. The lowest BCUT2D eigenvalue weighted by molar-refractivity contribution is 0.350. The summed E-state index contributed by atoms with van der Waals surface area (Å²) in [4.78, 5) is 3.98. The predicted molar refractivity (Wildman–Crippen MR) is 82.1 cm³/mol. The summed E-state index contributed by atoms with van der Waals surface area (Å²) in [5.74, 6) is 5.42. The average Bonchev–Trinajstić information content (AvgIpc) is 2.46. The number of aromatic nitrogens is 1. The maximum Gasteiger partial charge on any atom is 0.242 e. The van der Waals surface area contributed by atoms with Crippen LogP contribution in [0.5, 0.6) is 0 Å². The van der Waals surface area contributed by atoms with E-state index in [0.717, 1.165) is 12.8 Å². The number of aliphatic hydroxyl groups excluding tert-OH is 1. The van der Waals surface area contributed by atoms with Crippen LogP contribution in [0.4, 0.5) is 0 Å². The van der Waals surface area contributed by atoms with Gasteiger partial charge in [-0.05, 0) is 18.9 Å². The molecule has 5 nitrogen and oxygen atoms in total. The third-order valence-corrected chi connectivity index (χ3v) is 4.96. The second-order valence-electron chi connectivity index (χ2n) is 4.86. The Hall–Kier alpha value is -1.42. The summed E-state index contributed by atoms with van der Waals surface area (Å²) >= 11 is 0. The van der Waals surface area contributed by atoms with Gasteiger partial charge < -0.3 is 5.11 Å². The van der Waals surface area contributed by atoms with Gasteiger partial charge in [0.25, 0.3) is 0 Å². The first-order chi connectivity index (χ1) is 9.94. The van der Waals surface area contributed by atoms with E-state index in [0.29, 0.717) is 11.5 Å². The molecule has 0 saturated heterocycles. The van der Waals surface area contributed by atoms with E-state index in [4.69, 9.17) is 5.11 Å². The monoisotopic (exact) mass is 310 g/mol. The number of rotatable bonds is 6. The molecule has 0 radical (unpaired) electrons. The van der Waals surface area contributed by atoms with E-state index >= 15 is 0 Å². The van der Waals surface area contributed by atoms with E-state index in [2.05, 4.69) is 21.5 Å². The Morgan fingerprint density at radius 3 is 2.57 bits per heavy atom. The molecule has 1 aromatic rings. The number of pyridine rings is 1. The van der Waals surface area contributed by atoms with Gasteiger partial charge in [0.05, 0.1) is 0 Å². The predicted octanol–water partition coefficient (Wildman–Crippen LogP) is 1.53. The van der Waals surface area contributed by atoms with Crippen molar-refractivity contribution in [3.8, 4) is 11.8 Å². The van der Waals surface area contributed by atoms with Crippen LogP contribution in [0.3, 0.4) is 0 Å². The molecular formula is C15H22N2O3S. The number of nitrogens with zero attached hydrogens (tertiary/aromatic N) is 1. The number of hydrogen-bond donors (Lipinski definition) is 2. The van der Waals surface area contributed by atoms with Crippen LogP contribution >= 0.6 is 0 Å². The summed E-state index contributed by atoms with van der Waals surface area (Å²) in [6.45, 7) is 5.69. The molecule has 0 aliphatic heterocycles. The molecule has 0 spiro atoms. The van der Waals surface area contributed by atoms with Crippen molar-refractivity contribution in [3.63, 3.8) is 0 Å². The minimum absolute atomic E-state index is 0.0880. The number of hydrogen-bond acceptors (Lipinski definition) is 4. The Morgan fingerprint density at radius 2 is 2.00 bits per heavy atom. The second-order valence-corrected chi connectivity index (χ2v) is 6.57. The third kappa shape index (κ3) is 5.12. The number of aliphatic hydroxyl groups is 1. The molecule has 0 aliphatic rings. The molecule has 0 fully saturated rings. The molecule has 1 rings (SSSR count). The van der Waals surface area contributed by atoms with Crippen molar-refractivity contribution in [1.82, 2.24) is 9.71 Å². The van der Waals surface area contributed by atoms with Crippen molar-refractivity contribution in [3.05, 3.63) is 24.0 Å². The highest BCUT2D eigenvalue weighted by Crippen LogP contribution is 2.16. The van der Waals surface area contributed by atoms with Gasteiger partial charge in [0.2, 0.25) is 10.0 Å². The van der Waals surface area contributed by atoms with Crippen LogP contribution in [0.15, 0.2) is 23.4 Å². The molecule has 21 heavy (non-hydrogen) atoms. The Bertz CT molecular complexity index is 613. The zero-order chi connectivity index (χ0) is 15.9. The first-order valence-electron chi connectivity index (χ1n) is 7.01. The van der Waals surface area contributed by atoms with E-state index in [9.17, 15) is 8.42 Å². The fraction of sp³-hybridized carbons (Fsp3) is 0.533. The van der Waals surface area contributed by atoms with E-state index < -0.39 is 10.0 Å². The van der Waals surface area contributed by atoms with Crippen molar-refractivity contribution in [2.45, 2.75) is 44.6 Å². The highest BCUT2D eigenvalue weighted by Gasteiger charge is 2.22. The van der Waals surface area contributed by atoms with Gasteiger partial charge in [-0.2, -0.15) is 0 Å². The fourth-order valence-electron chi connectivity index (χ4n) is 2.18. The molecule has 0 saturated carbocycles.